The van der Waals surface area contributed by atoms with E-state index in [1.807, 2.05) is 6.07 Å². The summed E-state index contributed by atoms with van der Waals surface area (Å²) in [6, 6.07) is 16.3. The van der Waals surface area contributed by atoms with Crippen molar-refractivity contribution in [2.24, 2.45) is 11.7 Å². The van der Waals surface area contributed by atoms with Gasteiger partial charge in [-0.25, -0.2) is 4.39 Å². The molecule has 2 aromatic carbocycles. The van der Waals surface area contributed by atoms with E-state index in [9.17, 15) is 4.39 Å². The van der Waals surface area contributed by atoms with Crippen LogP contribution in [0.3, 0.4) is 0 Å². The third-order valence-corrected chi connectivity index (χ3v) is 5.10. The molecular formula is C21H24ClFN4O2. The zero-order valence-electron chi connectivity index (χ0n) is 15.9. The highest BCUT2D eigenvalue weighted by atomic mass is 35.5. The number of nitrogens with zero attached hydrogens (tertiary/aromatic N) is 3. The summed E-state index contributed by atoms with van der Waals surface area (Å²) in [4.78, 5) is 6.70. The number of aromatic nitrogens is 2. The van der Waals surface area contributed by atoms with Crippen LogP contribution in [0.5, 0.6) is 5.75 Å². The van der Waals surface area contributed by atoms with E-state index in [4.69, 9.17) is 15.0 Å². The lowest BCUT2D eigenvalue weighted by Crippen LogP contribution is -2.23. The number of benzene rings is 2. The number of halogens is 2. The summed E-state index contributed by atoms with van der Waals surface area (Å²) < 4.78 is 23.9. The van der Waals surface area contributed by atoms with Crippen LogP contribution in [0.15, 0.2) is 59.1 Å². The first-order chi connectivity index (χ1) is 13.7. The fourth-order valence-electron chi connectivity index (χ4n) is 3.69. The van der Waals surface area contributed by atoms with Crippen LogP contribution in [0.1, 0.15) is 23.2 Å². The van der Waals surface area contributed by atoms with Crippen LogP contribution in [-0.4, -0.2) is 34.7 Å². The summed E-state index contributed by atoms with van der Waals surface area (Å²) >= 11 is 0. The Labute approximate surface area is 175 Å². The van der Waals surface area contributed by atoms with Crippen molar-refractivity contribution in [3.63, 3.8) is 0 Å². The quantitative estimate of drug-likeness (QED) is 0.633. The lowest BCUT2D eigenvalue weighted by molar-refractivity contribution is 0.255. The Balaban J connectivity index is 0.00000240. The van der Waals surface area contributed by atoms with Crippen molar-refractivity contribution >= 4 is 12.4 Å². The highest BCUT2D eigenvalue weighted by molar-refractivity contribution is 5.85. The van der Waals surface area contributed by atoms with Gasteiger partial charge in [0, 0.05) is 19.0 Å². The molecule has 0 unspecified atom stereocenters. The summed E-state index contributed by atoms with van der Waals surface area (Å²) in [5.41, 5.74) is 7.33. The zero-order valence-corrected chi connectivity index (χ0v) is 16.7. The average molecular weight is 419 g/mol. The van der Waals surface area contributed by atoms with E-state index in [0.717, 1.165) is 13.1 Å². The summed E-state index contributed by atoms with van der Waals surface area (Å²) in [6.07, 6.45) is 0. The van der Waals surface area contributed by atoms with Gasteiger partial charge in [-0.2, -0.15) is 4.98 Å². The monoisotopic (exact) mass is 418 g/mol. The van der Waals surface area contributed by atoms with Gasteiger partial charge in [-0.15, -0.1) is 12.4 Å². The lowest BCUT2D eigenvalue weighted by atomic mass is 9.89. The minimum absolute atomic E-state index is 0. The highest BCUT2D eigenvalue weighted by Gasteiger charge is 2.33. The number of likely N-dealkylation sites (tertiary alicyclic amines) is 1. The smallest absolute Gasteiger partial charge is 0.240 e. The number of nitrogens with two attached hydrogens (primary N) is 1. The maximum atomic E-state index is 12.9. The van der Waals surface area contributed by atoms with E-state index in [2.05, 4.69) is 39.3 Å². The largest absolute Gasteiger partial charge is 0.485 e. The lowest BCUT2D eigenvalue weighted by Gasteiger charge is -2.16. The number of rotatable bonds is 7. The molecule has 2 heterocycles. The van der Waals surface area contributed by atoms with Crippen LogP contribution in [0.25, 0.3) is 0 Å². The fraction of sp³-hybridized carbons (Fsp3) is 0.333. The number of hydrogen-bond donors (Lipinski definition) is 1. The molecule has 6 nitrogen and oxygen atoms in total. The minimum atomic E-state index is -0.301. The second-order valence-electron chi connectivity index (χ2n) is 7.05. The molecule has 4 rings (SSSR count). The van der Waals surface area contributed by atoms with E-state index < -0.39 is 0 Å². The van der Waals surface area contributed by atoms with E-state index in [0.29, 0.717) is 42.4 Å². The van der Waals surface area contributed by atoms with E-state index >= 15 is 0 Å². The molecule has 2 atom stereocenters. The van der Waals surface area contributed by atoms with Crippen LogP contribution in [-0.2, 0) is 13.2 Å². The predicted octanol–water partition coefficient (Wildman–Crippen LogP) is 3.38. The van der Waals surface area contributed by atoms with Gasteiger partial charge in [-0.1, -0.05) is 35.5 Å². The Bertz CT molecular complexity index is 891. The average Bonchev–Trinajstić information content (AvgIpc) is 3.35. The maximum Gasteiger partial charge on any atom is 0.240 e. The molecule has 154 valence electrons. The van der Waals surface area contributed by atoms with Crippen LogP contribution in [0, 0.1) is 11.7 Å². The van der Waals surface area contributed by atoms with Crippen molar-refractivity contribution in [1.82, 2.24) is 15.0 Å². The van der Waals surface area contributed by atoms with E-state index in [-0.39, 0.29) is 24.8 Å². The summed E-state index contributed by atoms with van der Waals surface area (Å²) in [7, 11) is 0. The van der Waals surface area contributed by atoms with Gasteiger partial charge in [-0.05, 0) is 42.3 Å². The first kappa shape index (κ1) is 21.2. The molecular weight excluding hydrogens is 395 g/mol. The number of hydrogen-bond acceptors (Lipinski definition) is 6. The molecule has 1 fully saturated rings. The molecule has 0 radical (unpaired) electrons. The molecule has 1 aliphatic heterocycles. The fourth-order valence-corrected chi connectivity index (χ4v) is 3.69. The topological polar surface area (TPSA) is 77.4 Å². The van der Waals surface area contributed by atoms with Gasteiger partial charge in [0.2, 0.25) is 11.7 Å². The molecule has 0 aliphatic carbocycles. The zero-order chi connectivity index (χ0) is 19.3. The van der Waals surface area contributed by atoms with Gasteiger partial charge in [-0.3, -0.25) is 4.90 Å². The normalized spacial score (nSPS) is 19.1. The van der Waals surface area contributed by atoms with Crippen molar-refractivity contribution in [2.75, 3.05) is 19.6 Å². The summed E-state index contributed by atoms with van der Waals surface area (Å²) in [5, 5.41) is 3.97. The first-order valence-electron chi connectivity index (χ1n) is 9.38. The van der Waals surface area contributed by atoms with Crippen molar-refractivity contribution in [1.29, 1.82) is 0 Å². The summed E-state index contributed by atoms with van der Waals surface area (Å²) in [6.45, 7) is 3.22. The van der Waals surface area contributed by atoms with Gasteiger partial charge in [0.1, 0.15) is 11.6 Å². The minimum Gasteiger partial charge on any atom is -0.485 e. The predicted molar refractivity (Wildman–Crippen MR) is 109 cm³/mol. The molecule has 0 spiro atoms. The molecule has 1 aliphatic rings. The van der Waals surface area contributed by atoms with Crippen molar-refractivity contribution < 1.29 is 13.7 Å². The molecule has 0 saturated carbocycles. The molecule has 0 amide bonds. The molecule has 1 saturated heterocycles. The molecule has 1 aromatic heterocycles. The third kappa shape index (κ3) is 5.32. The molecule has 2 N–H and O–H groups in total. The Morgan fingerprint density at radius 3 is 2.59 bits per heavy atom. The Hall–Kier alpha value is -2.48. The highest BCUT2D eigenvalue weighted by Crippen LogP contribution is 2.32. The van der Waals surface area contributed by atoms with Gasteiger partial charge in [0.15, 0.2) is 6.61 Å². The molecule has 0 bridgehead atoms. The number of ether oxygens (including phenoxy) is 1. The van der Waals surface area contributed by atoms with Crippen molar-refractivity contribution in [3.8, 4) is 5.75 Å². The standard InChI is InChI=1S/C21H23FN4O2.ClH/c22-17-6-8-18(9-7-17)27-14-20-24-21(28-25-20)13-26-11-16(10-23)19(12-26)15-4-2-1-3-5-15;/h1-9,16,19H,10-14,23H2;1H/t16-,19+;/m1./s1. The van der Waals surface area contributed by atoms with Crippen molar-refractivity contribution in [3.05, 3.63) is 77.7 Å². The third-order valence-electron chi connectivity index (χ3n) is 5.10. The SMILES string of the molecule is Cl.NC[C@@H]1CN(Cc2nc(COc3ccc(F)cc3)no2)C[C@H]1c1ccccc1. The Kier molecular flexibility index (Phi) is 7.19. The van der Waals surface area contributed by atoms with Gasteiger partial charge >= 0.3 is 0 Å². The maximum absolute atomic E-state index is 12.9. The molecule has 3 aromatic rings. The van der Waals surface area contributed by atoms with Gasteiger partial charge in [0.05, 0.1) is 6.54 Å². The molecule has 29 heavy (non-hydrogen) atoms. The molecule has 8 heteroatoms. The first-order valence-corrected chi connectivity index (χ1v) is 9.38. The van der Waals surface area contributed by atoms with E-state index in [1.54, 1.807) is 12.1 Å². The van der Waals surface area contributed by atoms with Gasteiger partial charge in [0.25, 0.3) is 0 Å². The Morgan fingerprint density at radius 1 is 1.10 bits per heavy atom. The van der Waals surface area contributed by atoms with Crippen LogP contribution < -0.4 is 10.5 Å². The van der Waals surface area contributed by atoms with Crippen LogP contribution in [0.4, 0.5) is 4.39 Å². The van der Waals surface area contributed by atoms with Crippen LogP contribution in [0.2, 0.25) is 0 Å². The van der Waals surface area contributed by atoms with Gasteiger partial charge < -0.3 is 15.0 Å². The Morgan fingerprint density at radius 2 is 1.86 bits per heavy atom. The van der Waals surface area contributed by atoms with E-state index in [1.165, 1.54) is 17.7 Å². The van der Waals surface area contributed by atoms with Crippen LogP contribution >= 0.6 is 12.4 Å². The second-order valence-corrected chi connectivity index (χ2v) is 7.05. The van der Waals surface area contributed by atoms with Crippen molar-refractivity contribution in [2.45, 2.75) is 19.1 Å². The summed E-state index contributed by atoms with van der Waals surface area (Å²) in [5.74, 6) is 2.10. The second kappa shape index (κ2) is 9.82.